The molecule has 0 aliphatic heterocycles. The number of amides is 2. The van der Waals surface area contributed by atoms with Crippen LogP contribution < -0.4 is 15.5 Å². The molecule has 0 bridgehead atoms. The van der Waals surface area contributed by atoms with E-state index in [9.17, 15) is 9.59 Å². The van der Waals surface area contributed by atoms with Gasteiger partial charge in [0.05, 0.1) is 16.4 Å². The molecule has 0 saturated heterocycles. The van der Waals surface area contributed by atoms with Crippen molar-refractivity contribution in [1.29, 1.82) is 0 Å². The number of benzene rings is 3. The normalized spacial score (nSPS) is 11.0. The summed E-state index contributed by atoms with van der Waals surface area (Å²) in [6, 6.07) is 21.7. The SMILES string of the molecule is C/C(=N\NC(=O)C(=O)Nc1cc(Cl)ccc1Cl)c1ccc(OCc2ccccc2)cc1. The van der Waals surface area contributed by atoms with E-state index in [1.807, 2.05) is 54.6 Å². The zero-order valence-electron chi connectivity index (χ0n) is 16.6. The van der Waals surface area contributed by atoms with Gasteiger partial charge in [0, 0.05) is 5.02 Å². The Hall–Kier alpha value is -3.35. The molecule has 3 aromatic carbocycles. The van der Waals surface area contributed by atoms with Gasteiger partial charge in [-0.05, 0) is 60.5 Å². The number of rotatable bonds is 6. The Morgan fingerprint density at radius 3 is 2.35 bits per heavy atom. The third kappa shape index (κ3) is 6.57. The molecule has 0 atom stereocenters. The van der Waals surface area contributed by atoms with Gasteiger partial charge in [-0.25, -0.2) is 5.43 Å². The number of hydrazone groups is 1. The standard InChI is InChI=1S/C23H19Cl2N3O3/c1-15(17-7-10-19(11-8-17)31-14-16-5-3-2-4-6-16)27-28-23(30)22(29)26-21-13-18(24)9-12-20(21)25/h2-13H,14H2,1H3,(H,26,29)(H,28,30)/b27-15+. The number of nitrogens with zero attached hydrogens (tertiary/aromatic N) is 1. The summed E-state index contributed by atoms with van der Waals surface area (Å²) >= 11 is 11.9. The predicted octanol–water partition coefficient (Wildman–Crippen LogP) is 5.05. The minimum absolute atomic E-state index is 0.237. The highest BCUT2D eigenvalue weighted by molar-refractivity contribution is 6.42. The molecule has 0 aliphatic carbocycles. The lowest BCUT2D eigenvalue weighted by Crippen LogP contribution is -2.33. The van der Waals surface area contributed by atoms with E-state index in [2.05, 4.69) is 15.8 Å². The van der Waals surface area contributed by atoms with Crippen LogP contribution in [0.25, 0.3) is 0 Å². The minimum atomic E-state index is -0.932. The lowest BCUT2D eigenvalue weighted by atomic mass is 10.1. The monoisotopic (exact) mass is 455 g/mol. The molecule has 0 unspecified atom stereocenters. The Balaban J connectivity index is 1.54. The fourth-order valence-corrected chi connectivity index (χ4v) is 2.89. The van der Waals surface area contributed by atoms with Gasteiger partial charge in [-0.2, -0.15) is 5.10 Å². The first kappa shape index (κ1) is 22.3. The van der Waals surface area contributed by atoms with Crippen LogP contribution in [0.3, 0.4) is 0 Å². The maximum absolute atomic E-state index is 12.0. The molecule has 2 amide bonds. The second-order valence-corrected chi connectivity index (χ2v) is 7.36. The van der Waals surface area contributed by atoms with Gasteiger partial charge < -0.3 is 10.1 Å². The molecule has 8 heteroatoms. The van der Waals surface area contributed by atoms with Gasteiger partial charge in [-0.3, -0.25) is 9.59 Å². The van der Waals surface area contributed by atoms with Crippen molar-refractivity contribution >= 4 is 46.4 Å². The van der Waals surface area contributed by atoms with Crippen LogP contribution in [0.15, 0.2) is 77.9 Å². The van der Waals surface area contributed by atoms with Gasteiger partial charge in [0.2, 0.25) is 0 Å². The Morgan fingerprint density at radius 2 is 1.65 bits per heavy atom. The van der Waals surface area contributed by atoms with Gasteiger partial charge in [-0.1, -0.05) is 53.5 Å². The Labute approximate surface area is 189 Å². The Morgan fingerprint density at radius 1 is 0.935 bits per heavy atom. The molecule has 158 valence electrons. The summed E-state index contributed by atoms with van der Waals surface area (Å²) < 4.78 is 5.75. The van der Waals surface area contributed by atoms with Crippen LogP contribution in [0.2, 0.25) is 10.0 Å². The van der Waals surface area contributed by atoms with Crippen LogP contribution in [0.4, 0.5) is 5.69 Å². The number of carbonyl (C=O) groups is 2. The van der Waals surface area contributed by atoms with Crippen LogP contribution >= 0.6 is 23.2 Å². The number of nitrogens with one attached hydrogen (secondary N) is 2. The summed E-state index contributed by atoms with van der Waals surface area (Å²) in [5.41, 5.74) is 4.83. The summed E-state index contributed by atoms with van der Waals surface area (Å²) in [5.74, 6) is -1.13. The van der Waals surface area contributed by atoms with Crippen molar-refractivity contribution < 1.29 is 14.3 Å². The summed E-state index contributed by atoms with van der Waals surface area (Å²) in [4.78, 5) is 24.1. The number of hydrogen-bond acceptors (Lipinski definition) is 4. The van der Waals surface area contributed by atoms with Crippen molar-refractivity contribution in [3.63, 3.8) is 0 Å². The van der Waals surface area contributed by atoms with Crippen LogP contribution in [0.1, 0.15) is 18.1 Å². The smallest absolute Gasteiger partial charge is 0.329 e. The summed E-state index contributed by atoms with van der Waals surface area (Å²) in [5, 5.41) is 7.02. The fourth-order valence-electron chi connectivity index (χ4n) is 2.56. The molecular formula is C23H19Cl2N3O3. The first-order chi connectivity index (χ1) is 14.9. The van der Waals surface area contributed by atoms with Crippen LogP contribution in [0.5, 0.6) is 5.75 Å². The zero-order valence-corrected chi connectivity index (χ0v) is 18.1. The molecule has 0 spiro atoms. The average Bonchev–Trinajstić information content (AvgIpc) is 2.79. The van der Waals surface area contributed by atoms with Crippen molar-refractivity contribution in [2.24, 2.45) is 5.10 Å². The summed E-state index contributed by atoms with van der Waals surface area (Å²) in [6.45, 7) is 2.18. The van der Waals surface area contributed by atoms with Crippen LogP contribution in [-0.2, 0) is 16.2 Å². The highest BCUT2D eigenvalue weighted by atomic mass is 35.5. The Kier molecular flexibility index (Phi) is 7.65. The van der Waals surface area contributed by atoms with Gasteiger partial charge in [0.25, 0.3) is 0 Å². The molecule has 0 aliphatic rings. The molecule has 0 radical (unpaired) electrons. The largest absolute Gasteiger partial charge is 0.489 e. The minimum Gasteiger partial charge on any atom is -0.489 e. The lowest BCUT2D eigenvalue weighted by Gasteiger charge is -2.08. The molecule has 0 heterocycles. The van der Waals surface area contributed by atoms with E-state index in [1.54, 1.807) is 13.0 Å². The molecule has 0 saturated carbocycles. The quantitative estimate of drug-likeness (QED) is 0.310. The third-order valence-corrected chi connectivity index (χ3v) is 4.79. The van der Waals surface area contributed by atoms with Crippen molar-refractivity contribution in [3.05, 3.63) is 94.0 Å². The van der Waals surface area contributed by atoms with Crippen LogP contribution in [-0.4, -0.2) is 17.5 Å². The molecule has 2 N–H and O–H groups in total. The second-order valence-electron chi connectivity index (χ2n) is 6.52. The van der Waals surface area contributed by atoms with E-state index in [0.29, 0.717) is 23.1 Å². The third-order valence-electron chi connectivity index (χ3n) is 4.23. The van der Waals surface area contributed by atoms with E-state index in [4.69, 9.17) is 27.9 Å². The maximum Gasteiger partial charge on any atom is 0.329 e. The van der Waals surface area contributed by atoms with Gasteiger partial charge in [0.1, 0.15) is 12.4 Å². The van der Waals surface area contributed by atoms with Crippen molar-refractivity contribution in [3.8, 4) is 5.75 Å². The average molecular weight is 456 g/mol. The van der Waals surface area contributed by atoms with Gasteiger partial charge in [-0.15, -0.1) is 0 Å². The van der Waals surface area contributed by atoms with Crippen molar-refractivity contribution in [2.45, 2.75) is 13.5 Å². The highest BCUT2D eigenvalue weighted by Crippen LogP contribution is 2.25. The topological polar surface area (TPSA) is 79.8 Å². The van der Waals surface area contributed by atoms with E-state index < -0.39 is 11.8 Å². The zero-order chi connectivity index (χ0) is 22.2. The second kappa shape index (κ2) is 10.6. The van der Waals surface area contributed by atoms with Gasteiger partial charge >= 0.3 is 11.8 Å². The molecule has 3 rings (SSSR count). The number of hydrogen-bond donors (Lipinski definition) is 2. The fraction of sp³-hybridized carbons (Fsp3) is 0.0870. The van der Waals surface area contributed by atoms with E-state index in [0.717, 1.165) is 11.1 Å². The van der Waals surface area contributed by atoms with Crippen molar-refractivity contribution in [1.82, 2.24) is 5.43 Å². The number of carbonyl (C=O) groups excluding carboxylic acids is 2. The number of ether oxygens (including phenoxy) is 1. The molecule has 6 nitrogen and oxygen atoms in total. The lowest BCUT2D eigenvalue weighted by molar-refractivity contribution is -0.136. The van der Waals surface area contributed by atoms with E-state index >= 15 is 0 Å². The summed E-state index contributed by atoms with van der Waals surface area (Å²) in [7, 11) is 0. The highest BCUT2D eigenvalue weighted by Gasteiger charge is 2.15. The molecule has 31 heavy (non-hydrogen) atoms. The molecule has 3 aromatic rings. The van der Waals surface area contributed by atoms with Crippen molar-refractivity contribution in [2.75, 3.05) is 5.32 Å². The number of halogens is 2. The van der Waals surface area contributed by atoms with Gasteiger partial charge in [0.15, 0.2) is 0 Å². The number of anilines is 1. The first-order valence-electron chi connectivity index (χ1n) is 9.30. The maximum atomic E-state index is 12.0. The molecule has 0 fully saturated rings. The predicted molar refractivity (Wildman–Crippen MR) is 123 cm³/mol. The van der Waals surface area contributed by atoms with E-state index in [-0.39, 0.29) is 10.7 Å². The van der Waals surface area contributed by atoms with E-state index in [1.165, 1.54) is 12.1 Å². The summed E-state index contributed by atoms with van der Waals surface area (Å²) in [6.07, 6.45) is 0. The molecule has 0 aromatic heterocycles. The first-order valence-corrected chi connectivity index (χ1v) is 10.1. The Bertz CT molecular complexity index is 1100. The molecular weight excluding hydrogens is 437 g/mol. The van der Waals surface area contributed by atoms with Crippen LogP contribution in [0, 0.1) is 0 Å².